The third-order valence-electron chi connectivity index (χ3n) is 0.101. The van der Waals surface area contributed by atoms with Crippen molar-refractivity contribution in [3.63, 3.8) is 0 Å². The van der Waals surface area contributed by atoms with Gasteiger partial charge in [-0.15, -0.1) is 0 Å². The Morgan fingerprint density at radius 2 is 1.83 bits per heavy atom. The second-order valence-electron chi connectivity index (χ2n) is 0.456. The minimum atomic E-state index is -1.43. The largest absolute Gasteiger partial charge is 0.476 e. The predicted octanol–water partition coefficient (Wildman–Crippen LogP) is -0.733. The summed E-state index contributed by atoms with van der Waals surface area (Å²) in [6.45, 7) is 0. The molecule has 0 aromatic heterocycles. The van der Waals surface area contributed by atoms with E-state index < -0.39 is 5.97 Å². The Hall–Kier alpha value is -0.237. The molecule has 0 unspecified atom stereocenters. The number of aliphatic carboxylic acids is 1. The van der Waals surface area contributed by atoms with E-state index in [1.807, 2.05) is 0 Å². The maximum Gasteiger partial charge on any atom is 0.368 e. The van der Waals surface area contributed by atoms with Crippen LogP contribution in [0.3, 0.4) is 0 Å². The summed E-state index contributed by atoms with van der Waals surface area (Å²) < 4.78 is 0. The van der Waals surface area contributed by atoms with Gasteiger partial charge in [0.2, 0.25) is 6.29 Å². The molecule has 0 spiro atoms. The van der Waals surface area contributed by atoms with Crippen molar-refractivity contribution in [1.29, 1.82) is 0 Å². The number of aldehydes is 1. The molecule has 30 valence electrons. The van der Waals surface area contributed by atoms with Crippen LogP contribution < -0.4 is 0 Å². The molecular formula is C2H2O3Zn. The van der Waals surface area contributed by atoms with Crippen molar-refractivity contribution in [3.8, 4) is 0 Å². The van der Waals surface area contributed by atoms with Crippen LogP contribution in [-0.2, 0) is 29.1 Å². The van der Waals surface area contributed by atoms with Gasteiger partial charge in [-0.3, -0.25) is 4.79 Å². The van der Waals surface area contributed by atoms with Crippen LogP contribution in [-0.4, -0.2) is 17.4 Å². The molecule has 0 saturated carbocycles. The molecule has 0 amide bonds. The molecule has 0 rings (SSSR count). The van der Waals surface area contributed by atoms with Crippen molar-refractivity contribution >= 4 is 12.3 Å². The number of carbonyl (C=O) groups excluding carboxylic acids is 1. The summed E-state index contributed by atoms with van der Waals surface area (Å²) in [6, 6.07) is 0. The van der Waals surface area contributed by atoms with Crippen molar-refractivity contribution < 1.29 is 34.2 Å². The summed E-state index contributed by atoms with van der Waals surface area (Å²) in [5.41, 5.74) is 0. The zero-order valence-corrected chi connectivity index (χ0v) is 6.02. The van der Waals surface area contributed by atoms with Crippen molar-refractivity contribution in [2.45, 2.75) is 0 Å². The molecule has 0 fully saturated rings. The number of hydrogen-bond acceptors (Lipinski definition) is 2. The van der Waals surface area contributed by atoms with Crippen LogP contribution in [0, 0.1) is 0 Å². The van der Waals surface area contributed by atoms with E-state index in [0.717, 1.165) is 0 Å². The van der Waals surface area contributed by atoms with Crippen molar-refractivity contribution in [3.05, 3.63) is 0 Å². The van der Waals surface area contributed by atoms with Gasteiger partial charge in [0.15, 0.2) is 0 Å². The Bertz CT molecular complexity index is 59.8. The van der Waals surface area contributed by atoms with E-state index in [-0.39, 0.29) is 25.8 Å². The van der Waals surface area contributed by atoms with Gasteiger partial charge in [0.25, 0.3) is 0 Å². The smallest absolute Gasteiger partial charge is 0.368 e. The predicted molar refractivity (Wildman–Crippen MR) is 13.7 cm³/mol. The van der Waals surface area contributed by atoms with Gasteiger partial charge in [-0.05, 0) is 0 Å². The number of carboxylic acid groups (broad SMARTS) is 1. The summed E-state index contributed by atoms with van der Waals surface area (Å²) in [7, 11) is 0. The molecule has 0 bridgehead atoms. The van der Waals surface area contributed by atoms with E-state index in [2.05, 4.69) is 0 Å². The van der Waals surface area contributed by atoms with Gasteiger partial charge in [-0.1, -0.05) is 0 Å². The standard InChI is InChI=1S/C2H2O3.Zn/c3-1-2(4)5;/h1H,(H,4,5);. The van der Waals surface area contributed by atoms with Crippen LogP contribution in [0.4, 0.5) is 0 Å². The summed E-state index contributed by atoms with van der Waals surface area (Å²) >= 11 is 0. The second-order valence-corrected chi connectivity index (χ2v) is 0.456. The molecule has 3 nitrogen and oxygen atoms in total. The van der Waals surface area contributed by atoms with Gasteiger partial charge in [-0.2, -0.15) is 0 Å². The first-order valence-corrected chi connectivity index (χ1v) is 0.952. The topological polar surface area (TPSA) is 54.4 Å². The molecule has 1 N–H and O–H groups in total. The van der Waals surface area contributed by atoms with Crippen LogP contribution in [0.5, 0.6) is 0 Å². The molecule has 0 aromatic rings. The second kappa shape index (κ2) is 4.76. The number of hydrogen-bond donors (Lipinski definition) is 1. The number of rotatable bonds is 1. The van der Waals surface area contributed by atoms with Crippen molar-refractivity contribution in [1.82, 2.24) is 0 Å². The summed E-state index contributed by atoms with van der Waals surface area (Å²) in [4.78, 5) is 17.9. The summed E-state index contributed by atoms with van der Waals surface area (Å²) in [6.07, 6.45) is -0.167. The Morgan fingerprint density at radius 3 is 1.83 bits per heavy atom. The van der Waals surface area contributed by atoms with E-state index in [9.17, 15) is 0 Å². The number of carbonyl (C=O) groups is 2. The van der Waals surface area contributed by atoms with Crippen molar-refractivity contribution in [2.75, 3.05) is 0 Å². The quantitative estimate of drug-likeness (QED) is 0.296. The molecular weight excluding hydrogens is 137 g/mol. The third-order valence-corrected chi connectivity index (χ3v) is 0.101. The van der Waals surface area contributed by atoms with Gasteiger partial charge in [-0.25, -0.2) is 4.79 Å². The summed E-state index contributed by atoms with van der Waals surface area (Å²) in [5, 5.41) is 7.35. The molecule has 0 atom stereocenters. The van der Waals surface area contributed by atoms with Crippen LogP contribution in [0.1, 0.15) is 0 Å². The molecule has 6 heavy (non-hydrogen) atoms. The fourth-order valence-corrected chi connectivity index (χ4v) is 0. The molecule has 4 heteroatoms. The first kappa shape index (κ1) is 9.23. The van der Waals surface area contributed by atoms with Gasteiger partial charge in [0, 0.05) is 19.5 Å². The molecule has 0 heterocycles. The Balaban J connectivity index is 0. The average Bonchev–Trinajstić information content (AvgIpc) is 1.38. The minimum absolute atomic E-state index is 0. The molecule has 0 radical (unpaired) electrons. The molecule has 0 aromatic carbocycles. The zero-order valence-electron chi connectivity index (χ0n) is 3.05. The Kier molecular flexibility index (Phi) is 7.33. The third kappa shape index (κ3) is 9.24. The van der Waals surface area contributed by atoms with Gasteiger partial charge >= 0.3 is 5.97 Å². The van der Waals surface area contributed by atoms with E-state index in [1.54, 1.807) is 0 Å². The first-order chi connectivity index (χ1) is 2.27. The zero-order chi connectivity index (χ0) is 4.28. The minimum Gasteiger partial charge on any atom is -0.476 e. The fraction of sp³-hybridized carbons (Fsp3) is 0. The fourth-order valence-electron chi connectivity index (χ4n) is 0. The van der Waals surface area contributed by atoms with Crippen LogP contribution >= 0.6 is 0 Å². The summed E-state index contributed by atoms with van der Waals surface area (Å²) in [5.74, 6) is -1.43. The van der Waals surface area contributed by atoms with Gasteiger partial charge in [0.1, 0.15) is 0 Å². The van der Waals surface area contributed by atoms with E-state index in [1.165, 1.54) is 0 Å². The number of carboxylic acids is 1. The van der Waals surface area contributed by atoms with Crippen molar-refractivity contribution in [2.24, 2.45) is 0 Å². The maximum atomic E-state index is 9.00. The van der Waals surface area contributed by atoms with Crippen LogP contribution in [0.2, 0.25) is 0 Å². The molecule has 0 saturated heterocycles. The van der Waals surface area contributed by atoms with Gasteiger partial charge in [0.05, 0.1) is 0 Å². The molecule has 0 aliphatic rings. The van der Waals surface area contributed by atoms with Gasteiger partial charge < -0.3 is 5.11 Å². The van der Waals surface area contributed by atoms with E-state index >= 15 is 0 Å². The van der Waals surface area contributed by atoms with E-state index in [0.29, 0.717) is 0 Å². The Labute approximate surface area is 47.1 Å². The first-order valence-electron chi connectivity index (χ1n) is 0.952. The molecule has 0 aliphatic heterocycles. The van der Waals surface area contributed by atoms with E-state index in [4.69, 9.17) is 14.7 Å². The SMILES string of the molecule is O=CC(=O)O.[Zn]. The van der Waals surface area contributed by atoms with Crippen LogP contribution in [0.25, 0.3) is 0 Å². The average molecular weight is 139 g/mol. The monoisotopic (exact) mass is 138 g/mol. The van der Waals surface area contributed by atoms with Crippen LogP contribution in [0.15, 0.2) is 0 Å². The molecule has 0 aliphatic carbocycles. The normalized spacial score (nSPS) is 5.33. The maximum absolute atomic E-state index is 9.00. The Morgan fingerprint density at radius 1 is 1.67 bits per heavy atom.